The van der Waals surface area contributed by atoms with E-state index in [0.29, 0.717) is 12.0 Å². The fourth-order valence-corrected chi connectivity index (χ4v) is 2.88. The summed E-state index contributed by atoms with van der Waals surface area (Å²) in [4.78, 5) is 32.2. The second kappa shape index (κ2) is 8.04. The summed E-state index contributed by atoms with van der Waals surface area (Å²) >= 11 is 0. The monoisotopic (exact) mass is 365 g/mol. The normalized spacial score (nSPS) is 18.6. The highest BCUT2D eigenvalue weighted by molar-refractivity contribution is 6.09. The fraction of sp³-hybridized carbons (Fsp3) is 0.400. The van der Waals surface area contributed by atoms with Gasteiger partial charge in [0.15, 0.2) is 5.54 Å². The van der Waals surface area contributed by atoms with Crippen LogP contribution in [0.15, 0.2) is 30.9 Å². The third-order valence-electron chi connectivity index (χ3n) is 4.58. The molecule has 0 aliphatic carbocycles. The van der Waals surface area contributed by atoms with Crippen molar-refractivity contribution in [1.82, 2.24) is 25.2 Å². The highest BCUT2D eigenvalue weighted by atomic mass is 16.2. The summed E-state index contributed by atoms with van der Waals surface area (Å²) in [5.41, 5.74) is 0.554. The van der Waals surface area contributed by atoms with E-state index < -0.39 is 17.5 Å². The molecule has 7 heteroatoms. The van der Waals surface area contributed by atoms with E-state index in [1.165, 1.54) is 12.8 Å². The Balaban J connectivity index is 1.71. The van der Waals surface area contributed by atoms with Crippen molar-refractivity contribution in [2.75, 3.05) is 0 Å². The molecule has 1 aliphatic rings. The highest BCUT2D eigenvalue weighted by Gasteiger charge is 2.43. The van der Waals surface area contributed by atoms with Crippen molar-refractivity contribution in [1.29, 1.82) is 0 Å². The van der Waals surface area contributed by atoms with E-state index in [0.717, 1.165) is 24.4 Å². The number of nitrogens with zero attached hydrogens (tertiary/aromatic N) is 3. The molecule has 140 valence electrons. The minimum atomic E-state index is -1.17. The van der Waals surface area contributed by atoms with Gasteiger partial charge in [-0.3, -0.25) is 14.7 Å². The molecular weight excluding hydrogens is 342 g/mol. The van der Waals surface area contributed by atoms with Gasteiger partial charge in [-0.2, -0.15) is 0 Å². The molecule has 2 N–H and O–H groups in total. The van der Waals surface area contributed by atoms with Crippen LogP contribution in [0.1, 0.15) is 50.8 Å². The molecule has 0 saturated carbocycles. The topological polar surface area (TPSA) is 88.9 Å². The largest absolute Gasteiger partial charge is 0.323 e. The van der Waals surface area contributed by atoms with Crippen LogP contribution >= 0.6 is 0 Å². The summed E-state index contributed by atoms with van der Waals surface area (Å²) in [6.45, 7) is 3.99. The zero-order valence-electron chi connectivity index (χ0n) is 15.6. The maximum Gasteiger partial charge on any atom is 0.323 e. The zero-order chi connectivity index (χ0) is 19.3. The molecule has 1 atom stereocenters. The lowest BCUT2D eigenvalue weighted by Gasteiger charge is -2.16. The lowest BCUT2D eigenvalue weighted by molar-refractivity contribution is -0.122. The van der Waals surface area contributed by atoms with Crippen LogP contribution in [-0.4, -0.2) is 32.0 Å². The zero-order valence-corrected chi connectivity index (χ0v) is 15.6. The number of aromatic nitrogens is 3. The Bertz CT molecular complexity index is 891. The summed E-state index contributed by atoms with van der Waals surface area (Å²) in [7, 11) is 0. The predicted molar refractivity (Wildman–Crippen MR) is 101 cm³/mol. The number of urea groups is 1. The fourth-order valence-electron chi connectivity index (χ4n) is 2.88. The van der Waals surface area contributed by atoms with Crippen LogP contribution < -0.4 is 10.6 Å². The van der Waals surface area contributed by atoms with E-state index in [1.807, 2.05) is 22.9 Å². The van der Waals surface area contributed by atoms with E-state index in [-0.39, 0.29) is 0 Å². The average molecular weight is 365 g/mol. The van der Waals surface area contributed by atoms with E-state index in [4.69, 9.17) is 0 Å². The van der Waals surface area contributed by atoms with Crippen LogP contribution in [-0.2, 0) is 11.2 Å². The number of aryl methyl sites for hydroxylation is 1. The molecule has 0 spiro atoms. The molecule has 3 rings (SSSR count). The van der Waals surface area contributed by atoms with Crippen LogP contribution in [0.2, 0.25) is 0 Å². The van der Waals surface area contributed by atoms with Gasteiger partial charge < -0.3 is 5.32 Å². The maximum atomic E-state index is 12.0. The third kappa shape index (κ3) is 4.17. The summed E-state index contributed by atoms with van der Waals surface area (Å²) in [5, 5.41) is 4.82. The number of imidazole rings is 1. The number of unbranched alkanes of at least 4 members (excludes halogenated alkanes) is 2. The Hall–Kier alpha value is -3.14. The summed E-state index contributed by atoms with van der Waals surface area (Å²) < 4.78 is 1.89. The Morgan fingerprint density at radius 1 is 1.19 bits per heavy atom. The Morgan fingerprint density at radius 2 is 2.04 bits per heavy atom. The molecule has 1 fully saturated rings. The molecule has 3 amide bonds. The van der Waals surface area contributed by atoms with E-state index in [9.17, 15) is 9.59 Å². The molecule has 2 aromatic rings. The summed E-state index contributed by atoms with van der Waals surface area (Å²) in [6, 6.07) is 3.18. The van der Waals surface area contributed by atoms with Crippen molar-refractivity contribution >= 4 is 11.9 Å². The number of carbonyl (C=O) groups is 2. The second-order valence-electron chi connectivity index (χ2n) is 6.55. The van der Waals surface area contributed by atoms with Gasteiger partial charge in [0.05, 0.1) is 5.69 Å². The lowest BCUT2D eigenvalue weighted by atomic mass is 9.97. The predicted octanol–water partition coefficient (Wildman–Crippen LogP) is 2.34. The first-order chi connectivity index (χ1) is 13.1. The average Bonchev–Trinajstić information content (AvgIpc) is 3.25. The van der Waals surface area contributed by atoms with Gasteiger partial charge in [0.25, 0.3) is 5.91 Å². The van der Waals surface area contributed by atoms with E-state index >= 15 is 0 Å². The molecule has 27 heavy (non-hydrogen) atoms. The Kier molecular flexibility index (Phi) is 5.55. The second-order valence-corrected chi connectivity index (χ2v) is 6.55. The van der Waals surface area contributed by atoms with Gasteiger partial charge in [-0.05, 0) is 31.4 Å². The van der Waals surface area contributed by atoms with Gasteiger partial charge in [0, 0.05) is 18.0 Å². The summed E-state index contributed by atoms with van der Waals surface area (Å²) in [5.74, 6) is 6.16. The van der Waals surface area contributed by atoms with Crippen LogP contribution in [0.5, 0.6) is 0 Å². The molecule has 3 heterocycles. The Labute approximate surface area is 158 Å². The first-order valence-corrected chi connectivity index (χ1v) is 9.22. The number of hydrogen-bond donors (Lipinski definition) is 2. The van der Waals surface area contributed by atoms with Crippen molar-refractivity contribution in [3.05, 3.63) is 42.1 Å². The highest BCUT2D eigenvalue weighted by Crippen LogP contribution is 2.15. The molecule has 2 aromatic heterocycles. The van der Waals surface area contributed by atoms with Gasteiger partial charge in [0.2, 0.25) is 0 Å². The minimum absolute atomic E-state index is 0.388. The van der Waals surface area contributed by atoms with E-state index in [1.54, 1.807) is 19.4 Å². The van der Waals surface area contributed by atoms with Gasteiger partial charge in [0.1, 0.15) is 12.1 Å². The summed E-state index contributed by atoms with van der Waals surface area (Å²) in [6.07, 6.45) is 10.3. The number of nitrogens with one attached hydrogen (secondary N) is 2. The van der Waals surface area contributed by atoms with Crippen molar-refractivity contribution < 1.29 is 9.59 Å². The van der Waals surface area contributed by atoms with Gasteiger partial charge in [-0.25, -0.2) is 14.8 Å². The van der Waals surface area contributed by atoms with Gasteiger partial charge in [-0.1, -0.05) is 38.5 Å². The molecule has 7 nitrogen and oxygen atoms in total. The minimum Gasteiger partial charge on any atom is -0.313 e. The van der Waals surface area contributed by atoms with Crippen molar-refractivity contribution in [2.45, 2.75) is 51.5 Å². The quantitative estimate of drug-likeness (QED) is 0.467. The van der Waals surface area contributed by atoms with Crippen molar-refractivity contribution in [2.24, 2.45) is 0 Å². The molecule has 1 saturated heterocycles. The van der Waals surface area contributed by atoms with Crippen LogP contribution in [0.25, 0.3) is 5.82 Å². The van der Waals surface area contributed by atoms with Gasteiger partial charge in [-0.15, -0.1) is 0 Å². The van der Waals surface area contributed by atoms with Crippen LogP contribution in [0.3, 0.4) is 0 Å². The van der Waals surface area contributed by atoms with Crippen LogP contribution in [0.4, 0.5) is 4.79 Å². The lowest BCUT2D eigenvalue weighted by Crippen LogP contribution is -2.44. The SMILES string of the molecule is CCCCCc1cn(-c2ccc(C#CC3(CC)NC(=O)NC3=O)cn2)cn1. The van der Waals surface area contributed by atoms with Gasteiger partial charge >= 0.3 is 6.03 Å². The molecule has 0 aromatic carbocycles. The molecule has 1 aliphatic heterocycles. The number of pyridine rings is 1. The number of imide groups is 1. The number of hydrogen-bond acceptors (Lipinski definition) is 4. The molecule has 0 radical (unpaired) electrons. The maximum absolute atomic E-state index is 12.0. The first kappa shape index (κ1) is 18.6. The third-order valence-corrected chi connectivity index (χ3v) is 4.58. The smallest absolute Gasteiger partial charge is 0.313 e. The number of amides is 3. The number of carbonyl (C=O) groups excluding carboxylic acids is 2. The molecule has 0 bridgehead atoms. The van der Waals surface area contributed by atoms with Crippen LogP contribution in [0, 0.1) is 11.8 Å². The van der Waals surface area contributed by atoms with E-state index in [2.05, 4.69) is 39.4 Å². The van der Waals surface area contributed by atoms with Crippen molar-refractivity contribution in [3.8, 4) is 17.7 Å². The standard InChI is InChI=1S/C20H23N5O2/c1-3-5-6-7-16-13-25(14-22-16)17-9-8-15(12-21-17)10-11-20(4-2)18(26)23-19(27)24-20/h8-9,12-14H,3-7H2,1-2H3,(H2,23,24,26,27). The Morgan fingerprint density at radius 3 is 2.67 bits per heavy atom. The van der Waals surface area contributed by atoms with Crippen molar-refractivity contribution in [3.63, 3.8) is 0 Å². The first-order valence-electron chi connectivity index (χ1n) is 9.22. The molecular formula is C20H23N5O2. The number of rotatable bonds is 6. The molecule has 1 unspecified atom stereocenters.